The van der Waals surface area contributed by atoms with E-state index in [0.717, 1.165) is 51.0 Å². The Bertz CT molecular complexity index is 1600. The van der Waals surface area contributed by atoms with Gasteiger partial charge in [-0.05, 0) is 81.1 Å². The highest BCUT2D eigenvalue weighted by atomic mass is 35.5. The molecule has 3 heterocycles. The number of para-hydroxylation sites is 1. The molecule has 11 heteroatoms. The van der Waals surface area contributed by atoms with Crippen LogP contribution < -0.4 is 15.4 Å². The fourth-order valence-electron chi connectivity index (χ4n) is 4.88. The summed E-state index contributed by atoms with van der Waals surface area (Å²) >= 11 is 7.38. The van der Waals surface area contributed by atoms with Gasteiger partial charge in [-0.25, -0.2) is 17.9 Å². The first kappa shape index (κ1) is 26.8. The smallest absolute Gasteiger partial charge is 0.319 e. The zero-order valence-electron chi connectivity index (χ0n) is 21.3. The number of hydrogen-bond acceptors (Lipinski definition) is 6. The molecule has 1 aliphatic rings. The number of likely N-dealkylation sites (tertiary alicyclic amines) is 1. The molecule has 38 heavy (non-hydrogen) atoms. The van der Waals surface area contributed by atoms with Crippen LogP contribution in [0, 0.1) is 13.8 Å². The van der Waals surface area contributed by atoms with E-state index in [-0.39, 0.29) is 12.1 Å². The SMILES string of the molecule is Cc1cc(NC(=O)NCCN2CCC(NS(=O)(=O)c3sc4ccc(Cl)cc4c3C)CC2)c2ccccc2n1. The number of aryl methyl sites for hydroxylation is 2. The van der Waals surface area contributed by atoms with E-state index in [9.17, 15) is 13.2 Å². The molecule has 0 spiro atoms. The highest BCUT2D eigenvalue weighted by molar-refractivity contribution is 7.91. The summed E-state index contributed by atoms with van der Waals surface area (Å²) in [6.07, 6.45) is 1.42. The number of carbonyl (C=O) groups is 1. The number of nitrogens with zero attached hydrogens (tertiary/aromatic N) is 2. The molecule has 4 aromatic rings. The summed E-state index contributed by atoms with van der Waals surface area (Å²) in [5.74, 6) is 0. The molecule has 2 aromatic carbocycles. The Kier molecular flexibility index (Phi) is 7.88. The molecular formula is C27H30ClN5O3S2. The van der Waals surface area contributed by atoms with Crippen molar-refractivity contribution in [2.75, 3.05) is 31.5 Å². The largest absolute Gasteiger partial charge is 0.337 e. The normalized spacial score (nSPS) is 15.2. The van der Waals surface area contributed by atoms with Crippen LogP contribution in [-0.2, 0) is 10.0 Å². The van der Waals surface area contributed by atoms with Crippen molar-refractivity contribution in [2.24, 2.45) is 0 Å². The van der Waals surface area contributed by atoms with Crippen LogP contribution in [0.15, 0.2) is 52.7 Å². The van der Waals surface area contributed by atoms with E-state index in [1.807, 2.05) is 56.3 Å². The number of pyridine rings is 1. The number of hydrogen-bond donors (Lipinski definition) is 3. The van der Waals surface area contributed by atoms with Gasteiger partial charge in [0.15, 0.2) is 0 Å². The van der Waals surface area contributed by atoms with E-state index >= 15 is 0 Å². The minimum Gasteiger partial charge on any atom is -0.337 e. The number of fused-ring (bicyclic) bond motifs is 2. The van der Waals surface area contributed by atoms with Crippen molar-refractivity contribution < 1.29 is 13.2 Å². The Hall–Kier alpha value is -2.76. The highest BCUT2D eigenvalue weighted by Gasteiger charge is 2.27. The van der Waals surface area contributed by atoms with E-state index in [2.05, 4.69) is 25.2 Å². The molecule has 3 N–H and O–H groups in total. The van der Waals surface area contributed by atoms with Crippen molar-refractivity contribution >= 4 is 65.7 Å². The fraction of sp³-hybridized carbons (Fsp3) is 0.333. The van der Waals surface area contributed by atoms with Crippen molar-refractivity contribution in [3.05, 3.63) is 64.8 Å². The summed E-state index contributed by atoms with van der Waals surface area (Å²) in [4.78, 5) is 19.3. The van der Waals surface area contributed by atoms with Gasteiger partial charge >= 0.3 is 6.03 Å². The zero-order chi connectivity index (χ0) is 26.9. The molecule has 1 aliphatic heterocycles. The fourth-order valence-corrected chi connectivity index (χ4v) is 8.12. The van der Waals surface area contributed by atoms with Crippen LogP contribution in [0.4, 0.5) is 10.5 Å². The number of anilines is 1. The Balaban J connectivity index is 1.10. The standard InChI is InChI=1S/C27H30ClN5O3S2/c1-17-15-24(21-5-3-4-6-23(21)30-17)31-27(34)29-11-14-33-12-9-20(10-13-33)32-38(35,36)26-18(2)22-16-19(28)7-8-25(22)37-26/h3-8,15-16,20,32H,9-14H2,1-2H3,(H2,29,30,31,34). The van der Waals surface area contributed by atoms with Gasteiger partial charge in [0.1, 0.15) is 4.21 Å². The van der Waals surface area contributed by atoms with Gasteiger partial charge < -0.3 is 15.5 Å². The van der Waals surface area contributed by atoms with Crippen molar-refractivity contribution in [3.8, 4) is 0 Å². The molecule has 0 saturated carbocycles. The van der Waals surface area contributed by atoms with E-state index in [4.69, 9.17) is 11.6 Å². The van der Waals surface area contributed by atoms with Crippen LogP contribution in [0.5, 0.6) is 0 Å². The Labute approximate surface area is 231 Å². The molecule has 0 unspecified atom stereocenters. The lowest BCUT2D eigenvalue weighted by Gasteiger charge is -2.32. The molecule has 200 valence electrons. The minimum absolute atomic E-state index is 0.121. The number of amides is 2. The third kappa shape index (κ3) is 5.94. The van der Waals surface area contributed by atoms with Crippen LogP contribution in [0.2, 0.25) is 5.02 Å². The molecule has 2 aromatic heterocycles. The number of urea groups is 1. The summed E-state index contributed by atoms with van der Waals surface area (Å²) in [6, 6.07) is 14.6. The van der Waals surface area contributed by atoms with Gasteiger partial charge in [0, 0.05) is 39.9 Å². The lowest BCUT2D eigenvalue weighted by atomic mass is 10.1. The third-order valence-corrected chi connectivity index (χ3v) is 10.5. The van der Waals surface area contributed by atoms with Crippen molar-refractivity contribution in [3.63, 3.8) is 0 Å². The molecule has 0 aliphatic carbocycles. The maximum absolute atomic E-state index is 13.2. The van der Waals surface area contributed by atoms with Crippen molar-refractivity contribution in [1.29, 1.82) is 0 Å². The number of benzene rings is 2. The topological polar surface area (TPSA) is 103 Å². The molecule has 5 rings (SSSR count). The zero-order valence-corrected chi connectivity index (χ0v) is 23.6. The maximum atomic E-state index is 13.2. The molecule has 0 bridgehead atoms. The predicted molar refractivity (Wildman–Crippen MR) is 155 cm³/mol. The number of carbonyl (C=O) groups excluding carboxylic acids is 1. The summed E-state index contributed by atoms with van der Waals surface area (Å²) < 4.78 is 30.5. The Morgan fingerprint density at radius 2 is 1.87 bits per heavy atom. The van der Waals surface area contributed by atoms with E-state index in [1.54, 1.807) is 6.07 Å². The molecule has 0 atom stereocenters. The summed E-state index contributed by atoms with van der Waals surface area (Å²) in [6.45, 7) is 6.43. The van der Waals surface area contributed by atoms with Gasteiger partial charge in [-0.1, -0.05) is 29.8 Å². The van der Waals surface area contributed by atoms with Gasteiger partial charge in [-0.2, -0.15) is 0 Å². The lowest BCUT2D eigenvalue weighted by molar-refractivity contribution is 0.206. The molecular weight excluding hydrogens is 542 g/mol. The van der Waals surface area contributed by atoms with Gasteiger partial charge in [0.25, 0.3) is 10.0 Å². The second kappa shape index (κ2) is 11.2. The Morgan fingerprint density at radius 3 is 2.66 bits per heavy atom. The highest BCUT2D eigenvalue weighted by Crippen LogP contribution is 2.35. The van der Waals surface area contributed by atoms with Crippen LogP contribution >= 0.6 is 22.9 Å². The number of sulfonamides is 1. The monoisotopic (exact) mass is 571 g/mol. The average molecular weight is 572 g/mol. The van der Waals surface area contributed by atoms with Gasteiger partial charge in [-0.3, -0.25) is 4.98 Å². The second-order valence-electron chi connectivity index (χ2n) is 9.60. The van der Waals surface area contributed by atoms with E-state index in [0.29, 0.717) is 35.2 Å². The number of halogens is 1. The number of nitrogens with one attached hydrogen (secondary N) is 3. The van der Waals surface area contributed by atoms with Gasteiger partial charge in [-0.15, -0.1) is 11.3 Å². The minimum atomic E-state index is -3.62. The molecule has 8 nitrogen and oxygen atoms in total. The van der Waals surface area contributed by atoms with Gasteiger partial charge in [0.05, 0.1) is 11.2 Å². The van der Waals surface area contributed by atoms with Crippen molar-refractivity contribution in [1.82, 2.24) is 19.9 Å². The predicted octanol–water partition coefficient (Wildman–Crippen LogP) is 5.28. The number of rotatable bonds is 7. The Morgan fingerprint density at radius 1 is 1.11 bits per heavy atom. The quantitative estimate of drug-likeness (QED) is 0.280. The molecule has 1 saturated heterocycles. The summed E-state index contributed by atoms with van der Waals surface area (Å²) in [5, 5.41) is 8.23. The first-order valence-corrected chi connectivity index (χ1v) is 15.2. The van der Waals surface area contributed by atoms with E-state index in [1.165, 1.54) is 11.3 Å². The summed E-state index contributed by atoms with van der Waals surface area (Å²) in [7, 11) is -3.62. The second-order valence-corrected chi connectivity index (χ2v) is 13.0. The lowest BCUT2D eigenvalue weighted by Crippen LogP contribution is -2.46. The van der Waals surface area contributed by atoms with Crippen LogP contribution in [-0.4, -0.2) is 56.6 Å². The number of aromatic nitrogens is 1. The first-order chi connectivity index (χ1) is 18.2. The molecule has 0 radical (unpaired) electrons. The average Bonchev–Trinajstić information content (AvgIpc) is 3.21. The van der Waals surface area contributed by atoms with E-state index < -0.39 is 10.0 Å². The number of thiophene rings is 1. The maximum Gasteiger partial charge on any atom is 0.319 e. The van der Waals surface area contributed by atoms with Crippen molar-refractivity contribution in [2.45, 2.75) is 36.9 Å². The van der Waals surface area contributed by atoms with Crippen LogP contribution in [0.3, 0.4) is 0 Å². The number of piperidine rings is 1. The van der Waals surface area contributed by atoms with Crippen LogP contribution in [0.25, 0.3) is 21.0 Å². The first-order valence-electron chi connectivity index (χ1n) is 12.5. The summed E-state index contributed by atoms with van der Waals surface area (Å²) in [5.41, 5.74) is 3.14. The molecule has 2 amide bonds. The third-order valence-electron chi connectivity index (χ3n) is 6.81. The molecule has 1 fully saturated rings. The van der Waals surface area contributed by atoms with Gasteiger partial charge in [0.2, 0.25) is 0 Å². The van der Waals surface area contributed by atoms with Crippen LogP contribution in [0.1, 0.15) is 24.1 Å².